The van der Waals surface area contributed by atoms with E-state index < -0.39 is 0 Å². The van der Waals surface area contributed by atoms with E-state index in [2.05, 4.69) is 0 Å². The van der Waals surface area contributed by atoms with Crippen molar-refractivity contribution < 1.29 is 9.59 Å². The molecule has 2 heteroatoms. The van der Waals surface area contributed by atoms with Crippen LogP contribution in [0.15, 0.2) is 48.5 Å². The molecule has 2 nitrogen and oxygen atoms in total. The fourth-order valence-electron chi connectivity index (χ4n) is 2.49. The Labute approximate surface area is 144 Å². The van der Waals surface area contributed by atoms with Gasteiger partial charge in [0, 0.05) is 22.0 Å². The van der Waals surface area contributed by atoms with Crippen molar-refractivity contribution in [3.63, 3.8) is 0 Å². The fraction of sp³-hybridized carbons (Fsp3) is 0.364. The molecule has 0 unspecified atom stereocenters. The molecule has 2 aromatic carbocycles. The molecule has 0 aliphatic heterocycles. The van der Waals surface area contributed by atoms with Crippen LogP contribution in [-0.2, 0) is 0 Å². The van der Waals surface area contributed by atoms with E-state index in [-0.39, 0.29) is 22.4 Å². The van der Waals surface area contributed by atoms with Crippen molar-refractivity contribution in [2.45, 2.75) is 41.5 Å². The number of carbonyl (C=O) groups excluding carboxylic acids is 2. The largest absolute Gasteiger partial charge is 0.294 e. The summed E-state index contributed by atoms with van der Waals surface area (Å²) in [6, 6.07) is 15.3. The smallest absolute Gasteiger partial charge is 0.168 e. The molecular weight excluding hydrogens is 296 g/mol. The Morgan fingerprint density at radius 2 is 0.792 bits per heavy atom. The van der Waals surface area contributed by atoms with Crippen molar-refractivity contribution in [3.05, 3.63) is 59.7 Å². The zero-order valence-electron chi connectivity index (χ0n) is 15.4. The van der Waals surface area contributed by atoms with E-state index in [0.29, 0.717) is 0 Å². The van der Waals surface area contributed by atoms with Crippen molar-refractivity contribution in [3.8, 4) is 11.1 Å². The van der Waals surface area contributed by atoms with E-state index >= 15 is 0 Å². The molecule has 0 spiro atoms. The van der Waals surface area contributed by atoms with Crippen molar-refractivity contribution in [1.29, 1.82) is 0 Å². The molecule has 24 heavy (non-hydrogen) atoms. The Balaban J connectivity index is 2.24. The van der Waals surface area contributed by atoms with Gasteiger partial charge >= 0.3 is 0 Å². The number of carbonyl (C=O) groups is 2. The van der Waals surface area contributed by atoms with Crippen LogP contribution in [0.4, 0.5) is 0 Å². The zero-order valence-corrected chi connectivity index (χ0v) is 15.4. The molecular formula is C22H26O2. The molecule has 0 N–H and O–H groups in total. The average molecular weight is 322 g/mol. The second kappa shape index (κ2) is 6.35. The SMILES string of the molecule is CC(C)(C)C(=O)c1ccc(-c2ccc(C(=O)C(C)(C)C)cc2)cc1. The standard InChI is InChI=1S/C22H26O2/c1-21(2,3)19(23)17-11-7-15(8-12-17)16-9-13-18(14-10-16)20(24)22(4,5)6/h7-14H,1-6H3. The highest BCUT2D eigenvalue weighted by Crippen LogP contribution is 2.26. The highest BCUT2D eigenvalue weighted by atomic mass is 16.1. The van der Waals surface area contributed by atoms with Gasteiger partial charge in [-0.15, -0.1) is 0 Å². The van der Waals surface area contributed by atoms with Gasteiger partial charge in [0.05, 0.1) is 0 Å². The molecule has 0 aliphatic carbocycles. The Hall–Kier alpha value is -2.22. The summed E-state index contributed by atoms with van der Waals surface area (Å²) < 4.78 is 0. The van der Waals surface area contributed by atoms with Crippen LogP contribution in [0.2, 0.25) is 0 Å². The van der Waals surface area contributed by atoms with Gasteiger partial charge in [-0.05, 0) is 11.1 Å². The molecule has 0 aliphatic rings. The van der Waals surface area contributed by atoms with Gasteiger partial charge in [0.1, 0.15) is 0 Å². The van der Waals surface area contributed by atoms with Crippen LogP contribution < -0.4 is 0 Å². The minimum Gasteiger partial charge on any atom is -0.294 e. The Bertz CT molecular complexity index is 669. The lowest BCUT2D eigenvalue weighted by atomic mass is 9.85. The normalized spacial score (nSPS) is 12.1. The van der Waals surface area contributed by atoms with Gasteiger partial charge in [-0.1, -0.05) is 90.1 Å². The Morgan fingerprint density at radius 3 is 1.00 bits per heavy atom. The molecule has 2 aromatic rings. The van der Waals surface area contributed by atoms with Crippen LogP contribution in [-0.4, -0.2) is 11.6 Å². The highest BCUT2D eigenvalue weighted by Gasteiger charge is 2.23. The first-order chi connectivity index (χ1) is 11.0. The van der Waals surface area contributed by atoms with Crippen molar-refractivity contribution in [1.82, 2.24) is 0 Å². The van der Waals surface area contributed by atoms with E-state index in [0.717, 1.165) is 22.3 Å². The summed E-state index contributed by atoms with van der Waals surface area (Å²) in [4.78, 5) is 24.6. The molecule has 0 aromatic heterocycles. The summed E-state index contributed by atoms with van der Waals surface area (Å²) in [5.74, 6) is 0.278. The topological polar surface area (TPSA) is 34.1 Å². The van der Waals surface area contributed by atoms with Crippen molar-refractivity contribution in [2.24, 2.45) is 10.8 Å². The van der Waals surface area contributed by atoms with Crippen LogP contribution in [0.3, 0.4) is 0 Å². The van der Waals surface area contributed by atoms with Gasteiger partial charge in [0.2, 0.25) is 0 Å². The molecule has 126 valence electrons. The predicted molar refractivity (Wildman–Crippen MR) is 99.4 cm³/mol. The second-order valence-corrected chi connectivity index (χ2v) is 8.31. The second-order valence-electron chi connectivity index (χ2n) is 8.31. The molecule has 0 atom stereocenters. The van der Waals surface area contributed by atoms with Gasteiger partial charge in [-0.3, -0.25) is 9.59 Å². The third-order valence-electron chi connectivity index (χ3n) is 3.99. The maximum absolute atomic E-state index is 12.3. The van der Waals surface area contributed by atoms with E-state index in [4.69, 9.17) is 0 Å². The number of ketones is 2. The van der Waals surface area contributed by atoms with Gasteiger partial charge in [0.25, 0.3) is 0 Å². The van der Waals surface area contributed by atoms with E-state index in [9.17, 15) is 9.59 Å². The highest BCUT2D eigenvalue weighted by molar-refractivity contribution is 6.01. The van der Waals surface area contributed by atoms with Crippen LogP contribution in [0.1, 0.15) is 62.3 Å². The first-order valence-corrected chi connectivity index (χ1v) is 8.30. The number of hydrogen-bond acceptors (Lipinski definition) is 2. The molecule has 0 saturated heterocycles. The molecule has 0 amide bonds. The summed E-state index contributed by atoms with van der Waals surface area (Å²) in [5, 5.41) is 0. The molecule has 0 fully saturated rings. The van der Waals surface area contributed by atoms with Crippen LogP contribution in [0.25, 0.3) is 11.1 Å². The molecule has 0 bridgehead atoms. The summed E-state index contributed by atoms with van der Waals surface area (Å²) in [6.45, 7) is 11.5. The predicted octanol–water partition coefficient (Wildman–Crippen LogP) is 5.81. The number of rotatable bonds is 3. The van der Waals surface area contributed by atoms with Crippen LogP contribution in [0.5, 0.6) is 0 Å². The van der Waals surface area contributed by atoms with Crippen LogP contribution >= 0.6 is 0 Å². The first kappa shape index (κ1) is 18.1. The van der Waals surface area contributed by atoms with E-state index in [1.807, 2.05) is 90.1 Å². The van der Waals surface area contributed by atoms with E-state index in [1.54, 1.807) is 0 Å². The van der Waals surface area contributed by atoms with Crippen LogP contribution in [0, 0.1) is 10.8 Å². The van der Waals surface area contributed by atoms with Gasteiger partial charge < -0.3 is 0 Å². The minimum atomic E-state index is -0.378. The Morgan fingerprint density at radius 1 is 0.542 bits per heavy atom. The van der Waals surface area contributed by atoms with Gasteiger partial charge in [0.15, 0.2) is 11.6 Å². The average Bonchev–Trinajstić information content (AvgIpc) is 2.52. The Kier molecular flexibility index (Phi) is 4.80. The van der Waals surface area contributed by atoms with Gasteiger partial charge in [-0.25, -0.2) is 0 Å². The lowest BCUT2D eigenvalue weighted by molar-refractivity contribution is 0.0852. The fourth-order valence-corrected chi connectivity index (χ4v) is 2.49. The molecule has 0 saturated carbocycles. The van der Waals surface area contributed by atoms with Crippen molar-refractivity contribution >= 4 is 11.6 Å². The van der Waals surface area contributed by atoms with E-state index in [1.165, 1.54) is 0 Å². The molecule has 0 heterocycles. The first-order valence-electron chi connectivity index (χ1n) is 8.30. The maximum atomic E-state index is 12.3. The molecule has 2 rings (SSSR count). The minimum absolute atomic E-state index is 0.139. The summed E-state index contributed by atoms with van der Waals surface area (Å²) in [6.07, 6.45) is 0. The monoisotopic (exact) mass is 322 g/mol. The summed E-state index contributed by atoms with van der Waals surface area (Å²) in [7, 11) is 0. The lowest BCUT2D eigenvalue weighted by Crippen LogP contribution is -2.20. The zero-order chi connectivity index (χ0) is 18.1. The maximum Gasteiger partial charge on any atom is 0.168 e. The number of Topliss-reactive ketones (excluding diaryl/α,β-unsaturated/α-hetero) is 2. The third-order valence-corrected chi connectivity index (χ3v) is 3.99. The quantitative estimate of drug-likeness (QED) is 0.668. The lowest BCUT2D eigenvalue weighted by Gasteiger charge is -2.17. The number of hydrogen-bond donors (Lipinski definition) is 0. The summed E-state index contributed by atoms with van der Waals surface area (Å²) >= 11 is 0. The van der Waals surface area contributed by atoms with Gasteiger partial charge in [-0.2, -0.15) is 0 Å². The number of benzene rings is 2. The third kappa shape index (κ3) is 4.00. The molecule has 0 radical (unpaired) electrons. The summed E-state index contributed by atoms with van der Waals surface area (Å²) in [5.41, 5.74) is 2.77. The van der Waals surface area contributed by atoms with Crippen molar-refractivity contribution in [2.75, 3.05) is 0 Å².